The van der Waals surface area contributed by atoms with Crippen molar-refractivity contribution >= 4 is 52.4 Å². The van der Waals surface area contributed by atoms with Gasteiger partial charge in [0.15, 0.2) is 0 Å². The van der Waals surface area contributed by atoms with Crippen molar-refractivity contribution in [1.82, 2.24) is 4.90 Å². The van der Waals surface area contributed by atoms with Crippen LogP contribution in [0.25, 0.3) is 0 Å². The fraction of sp³-hybridized carbons (Fsp3) is 0.464. The minimum absolute atomic E-state index is 0.0518. The first kappa shape index (κ1) is 28.8. The van der Waals surface area contributed by atoms with E-state index in [1.807, 2.05) is 24.3 Å². The molecule has 0 atom stereocenters. The molecule has 2 aromatic rings. The van der Waals surface area contributed by atoms with Crippen molar-refractivity contribution in [2.24, 2.45) is 5.92 Å². The van der Waals surface area contributed by atoms with Crippen LogP contribution in [0.2, 0.25) is 10.0 Å². The number of piperidine rings is 1. The number of likely N-dealkylation sites (tertiary alicyclic amines) is 1. The number of para-hydroxylation sites is 2. The number of anilines is 2. The summed E-state index contributed by atoms with van der Waals surface area (Å²) in [5, 5.41) is 4.20. The number of hydrogen-bond acceptors (Lipinski definition) is 6. The topological polar surface area (TPSA) is 84.9 Å². The highest BCUT2D eigenvalue weighted by molar-refractivity contribution is 6.39. The van der Waals surface area contributed by atoms with Crippen LogP contribution in [0.3, 0.4) is 0 Å². The zero-order valence-corrected chi connectivity index (χ0v) is 23.0. The molecule has 37 heavy (non-hydrogen) atoms. The van der Waals surface area contributed by atoms with E-state index in [1.165, 1.54) is 0 Å². The molecule has 0 bridgehead atoms. The Balaban J connectivity index is 1.43. The molecule has 3 rings (SSSR count). The Hall–Kier alpha value is -2.77. The predicted molar refractivity (Wildman–Crippen MR) is 145 cm³/mol. The van der Waals surface area contributed by atoms with Gasteiger partial charge in [-0.05, 0) is 63.3 Å². The highest BCUT2D eigenvalue weighted by atomic mass is 35.5. The number of ether oxygens (including phenoxy) is 2. The fourth-order valence-corrected chi connectivity index (χ4v) is 4.57. The minimum atomic E-state index is -0.558. The molecule has 1 fully saturated rings. The minimum Gasteiger partial charge on any atom is -0.465 e. The molecule has 0 unspecified atom stereocenters. The number of rotatable bonds is 9. The molecule has 7 nitrogen and oxygen atoms in total. The second-order valence-electron chi connectivity index (χ2n) is 10.1. The van der Waals surface area contributed by atoms with Gasteiger partial charge in [0.2, 0.25) is 5.91 Å². The van der Waals surface area contributed by atoms with Crippen molar-refractivity contribution in [1.29, 1.82) is 0 Å². The quantitative estimate of drug-likeness (QED) is 0.376. The van der Waals surface area contributed by atoms with E-state index in [0.29, 0.717) is 35.4 Å². The lowest BCUT2D eigenvalue weighted by Gasteiger charge is -2.31. The summed E-state index contributed by atoms with van der Waals surface area (Å²) in [5.74, 6) is -0.553. The lowest BCUT2D eigenvalue weighted by atomic mass is 9.97. The number of esters is 2. The normalized spacial score (nSPS) is 14.2. The van der Waals surface area contributed by atoms with E-state index in [2.05, 4.69) is 5.32 Å². The van der Waals surface area contributed by atoms with E-state index in [4.69, 9.17) is 32.7 Å². The van der Waals surface area contributed by atoms with Gasteiger partial charge in [-0.15, -0.1) is 0 Å². The van der Waals surface area contributed by atoms with Crippen molar-refractivity contribution < 1.29 is 23.9 Å². The van der Waals surface area contributed by atoms with Gasteiger partial charge in [-0.2, -0.15) is 0 Å². The van der Waals surface area contributed by atoms with E-state index >= 15 is 0 Å². The fourth-order valence-electron chi connectivity index (χ4n) is 4.07. The Morgan fingerprint density at radius 1 is 0.946 bits per heavy atom. The molecule has 1 aliphatic rings. The molecule has 1 amide bonds. The molecule has 0 spiro atoms. The Labute approximate surface area is 228 Å². The van der Waals surface area contributed by atoms with Crippen LogP contribution in [-0.4, -0.2) is 48.0 Å². The Morgan fingerprint density at radius 3 is 2.24 bits per heavy atom. The Bertz CT molecular complexity index is 1090. The average molecular weight is 549 g/mol. The number of hydrogen-bond donors (Lipinski definition) is 1. The zero-order valence-electron chi connectivity index (χ0n) is 21.5. The molecule has 1 N–H and O–H groups in total. The number of halogens is 2. The maximum atomic E-state index is 12.6. The van der Waals surface area contributed by atoms with Crippen LogP contribution >= 0.6 is 23.2 Å². The first-order chi connectivity index (χ1) is 17.5. The van der Waals surface area contributed by atoms with Crippen LogP contribution in [0.15, 0.2) is 42.5 Å². The Kier molecular flexibility index (Phi) is 10.2. The van der Waals surface area contributed by atoms with Crippen molar-refractivity contribution in [3.05, 3.63) is 58.1 Å². The van der Waals surface area contributed by atoms with Gasteiger partial charge in [0.05, 0.1) is 35.2 Å². The standard InChI is InChI=1S/C28H34Cl2N2O5/c1-28(2,3)37-25(34)12-11-24(33)32-15-13-19(14-16-32)18-36-26(35)17-20-7-4-5-10-23(20)31-27-21(29)8-6-9-22(27)30/h4-10,19,31H,11-18H2,1-3H3. The third-order valence-electron chi connectivity index (χ3n) is 5.98. The van der Waals surface area contributed by atoms with Crippen LogP contribution in [0.4, 0.5) is 11.4 Å². The summed E-state index contributed by atoms with van der Waals surface area (Å²) < 4.78 is 10.8. The van der Waals surface area contributed by atoms with Gasteiger partial charge in [-0.3, -0.25) is 14.4 Å². The predicted octanol–water partition coefficient (Wildman–Crippen LogP) is 6.18. The summed E-state index contributed by atoms with van der Waals surface area (Å²) in [7, 11) is 0. The maximum absolute atomic E-state index is 12.6. The van der Waals surface area contributed by atoms with E-state index in [0.717, 1.165) is 24.1 Å². The summed E-state index contributed by atoms with van der Waals surface area (Å²) in [6.07, 6.45) is 1.81. The molecule has 1 heterocycles. The van der Waals surface area contributed by atoms with Gasteiger partial charge in [-0.25, -0.2) is 0 Å². The van der Waals surface area contributed by atoms with E-state index in [-0.39, 0.29) is 43.0 Å². The summed E-state index contributed by atoms with van der Waals surface area (Å²) in [6, 6.07) is 12.7. The second kappa shape index (κ2) is 13.2. The number of carbonyl (C=O) groups is 3. The number of nitrogens with zero attached hydrogens (tertiary/aromatic N) is 1. The Morgan fingerprint density at radius 2 is 1.59 bits per heavy atom. The van der Waals surface area contributed by atoms with Crippen molar-refractivity contribution in [2.45, 2.75) is 58.5 Å². The SMILES string of the molecule is CC(C)(C)OC(=O)CCC(=O)N1CCC(COC(=O)Cc2ccccc2Nc2c(Cl)cccc2Cl)CC1. The van der Waals surface area contributed by atoms with Crippen molar-refractivity contribution in [3.8, 4) is 0 Å². The highest BCUT2D eigenvalue weighted by Crippen LogP contribution is 2.33. The molecule has 2 aromatic carbocycles. The summed E-state index contributed by atoms with van der Waals surface area (Å²) in [4.78, 5) is 38.7. The lowest BCUT2D eigenvalue weighted by Crippen LogP contribution is -2.39. The third kappa shape index (κ3) is 9.24. The average Bonchev–Trinajstić information content (AvgIpc) is 2.84. The smallest absolute Gasteiger partial charge is 0.310 e. The van der Waals surface area contributed by atoms with Gasteiger partial charge < -0.3 is 19.7 Å². The number of nitrogens with one attached hydrogen (secondary N) is 1. The number of carbonyl (C=O) groups excluding carboxylic acids is 3. The van der Waals surface area contributed by atoms with Crippen LogP contribution in [0.1, 0.15) is 52.0 Å². The molecule has 0 aliphatic carbocycles. The molecule has 0 aromatic heterocycles. The van der Waals surface area contributed by atoms with E-state index in [9.17, 15) is 14.4 Å². The molecule has 0 radical (unpaired) electrons. The van der Waals surface area contributed by atoms with Gasteiger partial charge in [0, 0.05) is 25.2 Å². The van der Waals surface area contributed by atoms with Gasteiger partial charge in [0.25, 0.3) is 0 Å². The molecular weight excluding hydrogens is 515 g/mol. The van der Waals surface area contributed by atoms with E-state index < -0.39 is 5.60 Å². The van der Waals surface area contributed by atoms with E-state index in [1.54, 1.807) is 43.9 Å². The van der Waals surface area contributed by atoms with Crippen molar-refractivity contribution in [2.75, 3.05) is 25.0 Å². The lowest BCUT2D eigenvalue weighted by molar-refractivity contribution is -0.156. The number of benzene rings is 2. The second-order valence-corrected chi connectivity index (χ2v) is 11.0. The van der Waals surface area contributed by atoms with Gasteiger partial charge >= 0.3 is 11.9 Å². The summed E-state index contributed by atoms with van der Waals surface area (Å²) in [5.41, 5.74) is 1.53. The van der Waals surface area contributed by atoms with Crippen LogP contribution in [-0.2, 0) is 30.3 Å². The molecule has 1 saturated heterocycles. The summed E-state index contributed by atoms with van der Waals surface area (Å²) in [6.45, 7) is 6.89. The van der Waals surface area contributed by atoms with Gasteiger partial charge in [0.1, 0.15) is 5.60 Å². The monoisotopic (exact) mass is 548 g/mol. The largest absolute Gasteiger partial charge is 0.465 e. The maximum Gasteiger partial charge on any atom is 0.310 e. The van der Waals surface area contributed by atoms with Crippen LogP contribution < -0.4 is 5.32 Å². The van der Waals surface area contributed by atoms with Crippen LogP contribution in [0.5, 0.6) is 0 Å². The first-order valence-electron chi connectivity index (χ1n) is 12.5. The van der Waals surface area contributed by atoms with Crippen LogP contribution in [0, 0.1) is 5.92 Å². The first-order valence-corrected chi connectivity index (χ1v) is 13.2. The zero-order chi connectivity index (χ0) is 27.0. The number of amides is 1. The third-order valence-corrected chi connectivity index (χ3v) is 6.61. The van der Waals surface area contributed by atoms with Gasteiger partial charge in [-0.1, -0.05) is 47.5 Å². The molecular formula is C28H34Cl2N2O5. The molecule has 200 valence electrons. The summed E-state index contributed by atoms with van der Waals surface area (Å²) >= 11 is 12.5. The molecule has 0 saturated carbocycles. The molecule has 9 heteroatoms. The molecule has 1 aliphatic heterocycles. The van der Waals surface area contributed by atoms with Crippen molar-refractivity contribution in [3.63, 3.8) is 0 Å². The highest BCUT2D eigenvalue weighted by Gasteiger charge is 2.25.